The van der Waals surface area contributed by atoms with Crippen LogP contribution in [0.1, 0.15) is 153 Å². The van der Waals surface area contributed by atoms with E-state index in [1.165, 1.54) is 116 Å². The Bertz CT molecular complexity index is 800. The van der Waals surface area contributed by atoms with Crippen LogP contribution in [0.4, 0.5) is 0 Å². The molecule has 0 radical (unpaired) electrons. The van der Waals surface area contributed by atoms with Crippen LogP contribution >= 0.6 is 0 Å². The molecule has 3 rings (SSSR count). The molecule has 0 heterocycles. The van der Waals surface area contributed by atoms with Gasteiger partial charge in [-0.15, -0.1) is 0 Å². The minimum absolute atomic E-state index is 0.230. The van der Waals surface area contributed by atoms with Crippen molar-refractivity contribution in [2.24, 2.45) is 0 Å². The Kier molecular flexibility index (Phi) is 11.9. The molecule has 0 N–H and O–H groups in total. The number of fused-ring (bicyclic) bond motifs is 3. The minimum Gasteiger partial charge on any atom is -0.0654 e. The van der Waals surface area contributed by atoms with Gasteiger partial charge < -0.3 is 0 Å². The summed E-state index contributed by atoms with van der Waals surface area (Å²) in [5.74, 6) is 0. The largest absolute Gasteiger partial charge is 0.0654 e. The van der Waals surface area contributed by atoms with Crippen molar-refractivity contribution in [1.82, 2.24) is 0 Å². The van der Waals surface area contributed by atoms with E-state index < -0.39 is 0 Å². The van der Waals surface area contributed by atoms with Crippen molar-refractivity contribution in [3.8, 4) is 11.1 Å². The zero-order valence-electron chi connectivity index (χ0n) is 23.7. The molecule has 0 bridgehead atoms. The molecule has 0 atom stereocenters. The van der Waals surface area contributed by atoms with Gasteiger partial charge in [-0.25, -0.2) is 0 Å². The number of benzene rings is 2. The molecule has 35 heavy (non-hydrogen) atoms. The highest BCUT2D eigenvalue weighted by Gasteiger charge is 2.42. The van der Waals surface area contributed by atoms with Crippen LogP contribution in [-0.2, 0) is 18.3 Å². The molecule has 0 fully saturated rings. The molecule has 0 amide bonds. The number of rotatable bonds is 18. The standard InChI is InChI=1S/C35H54/c1-5-9-11-13-15-17-25-35(26-18-16-14-12-10-6-2)33-27-29(19-7-3)21-23-31(33)32-24-22-30(20-8-4)28-34(32)35/h21-24,27-28H,5-20,25-26H2,1-4H3. The van der Waals surface area contributed by atoms with E-state index in [1.54, 1.807) is 33.4 Å². The molecule has 0 aliphatic heterocycles. The van der Waals surface area contributed by atoms with Gasteiger partial charge in [0.25, 0.3) is 0 Å². The SMILES string of the molecule is CCCCCCCCC1(CCCCCCCC)c2cc(CCC)ccc2-c2ccc(CCC)cc21. The minimum atomic E-state index is 0.230. The second kappa shape index (κ2) is 14.9. The summed E-state index contributed by atoms with van der Waals surface area (Å²) >= 11 is 0. The predicted molar refractivity (Wildman–Crippen MR) is 157 cm³/mol. The lowest BCUT2D eigenvalue weighted by Crippen LogP contribution is -2.26. The van der Waals surface area contributed by atoms with E-state index in [-0.39, 0.29) is 5.41 Å². The van der Waals surface area contributed by atoms with Gasteiger partial charge in [0.15, 0.2) is 0 Å². The lowest BCUT2D eigenvalue weighted by molar-refractivity contribution is 0.397. The lowest BCUT2D eigenvalue weighted by atomic mass is 9.70. The third-order valence-corrected chi connectivity index (χ3v) is 8.48. The fraction of sp³-hybridized carbons (Fsp3) is 0.657. The molecule has 2 aromatic carbocycles. The molecule has 194 valence electrons. The van der Waals surface area contributed by atoms with Crippen LogP contribution in [0.15, 0.2) is 36.4 Å². The topological polar surface area (TPSA) is 0 Å². The Balaban J connectivity index is 1.94. The summed E-state index contributed by atoms with van der Waals surface area (Å²) in [5.41, 5.74) is 9.75. The number of aryl methyl sites for hydroxylation is 2. The molecule has 2 aromatic rings. The van der Waals surface area contributed by atoms with Crippen molar-refractivity contribution in [2.75, 3.05) is 0 Å². The van der Waals surface area contributed by atoms with E-state index in [9.17, 15) is 0 Å². The molecule has 1 aliphatic rings. The molecular weight excluding hydrogens is 420 g/mol. The summed E-state index contributed by atoms with van der Waals surface area (Å²) in [7, 11) is 0. The first-order chi connectivity index (χ1) is 17.2. The smallest absolute Gasteiger partial charge is 0.0215 e. The maximum Gasteiger partial charge on any atom is 0.0215 e. The summed E-state index contributed by atoms with van der Waals surface area (Å²) in [6, 6.07) is 15.0. The van der Waals surface area contributed by atoms with Gasteiger partial charge in [0.1, 0.15) is 0 Å². The highest BCUT2D eigenvalue weighted by Crippen LogP contribution is 2.54. The van der Waals surface area contributed by atoms with Gasteiger partial charge in [0.2, 0.25) is 0 Å². The fourth-order valence-corrected chi connectivity index (χ4v) is 6.56. The summed E-state index contributed by atoms with van der Waals surface area (Å²) < 4.78 is 0. The molecule has 0 spiro atoms. The lowest BCUT2D eigenvalue weighted by Gasteiger charge is -2.33. The van der Waals surface area contributed by atoms with Crippen LogP contribution in [0.25, 0.3) is 11.1 Å². The van der Waals surface area contributed by atoms with Crippen LogP contribution in [0.5, 0.6) is 0 Å². The summed E-state index contributed by atoms with van der Waals surface area (Å²) in [6.45, 7) is 9.28. The fourth-order valence-electron chi connectivity index (χ4n) is 6.56. The van der Waals surface area contributed by atoms with Gasteiger partial charge in [-0.3, -0.25) is 0 Å². The summed E-state index contributed by atoms with van der Waals surface area (Å²) in [5, 5.41) is 0. The maximum atomic E-state index is 2.63. The number of unbranched alkanes of at least 4 members (excludes halogenated alkanes) is 10. The van der Waals surface area contributed by atoms with Crippen LogP contribution < -0.4 is 0 Å². The zero-order valence-corrected chi connectivity index (χ0v) is 23.7. The van der Waals surface area contributed by atoms with Crippen molar-refractivity contribution in [2.45, 2.75) is 149 Å². The molecule has 0 aromatic heterocycles. The molecule has 0 saturated carbocycles. The van der Waals surface area contributed by atoms with Crippen molar-refractivity contribution >= 4 is 0 Å². The normalized spacial score (nSPS) is 13.7. The van der Waals surface area contributed by atoms with E-state index in [4.69, 9.17) is 0 Å². The van der Waals surface area contributed by atoms with Crippen molar-refractivity contribution in [1.29, 1.82) is 0 Å². The van der Waals surface area contributed by atoms with E-state index in [0.29, 0.717) is 0 Å². The predicted octanol–water partition coefficient (Wildman–Crippen LogP) is 11.4. The average molecular weight is 475 g/mol. The number of hydrogen-bond acceptors (Lipinski definition) is 0. The third-order valence-electron chi connectivity index (χ3n) is 8.48. The zero-order chi connectivity index (χ0) is 24.9. The van der Waals surface area contributed by atoms with Crippen LogP contribution in [0.3, 0.4) is 0 Å². The Labute approximate surface area is 218 Å². The van der Waals surface area contributed by atoms with Gasteiger partial charge in [-0.1, -0.05) is 154 Å². The molecule has 0 heteroatoms. The van der Waals surface area contributed by atoms with Gasteiger partial charge >= 0.3 is 0 Å². The van der Waals surface area contributed by atoms with Crippen LogP contribution in [-0.4, -0.2) is 0 Å². The molecule has 0 unspecified atom stereocenters. The molecule has 0 nitrogen and oxygen atoms in total. The van der Waals surface area contributed by atoms with Gasteiger partial charge in [0, 0.05) is 5.41 Å². The maximum absolute atomic E-state index is 2.63. The Morgan fingerprint density at radius 1 is 0.457 bits per heavy atom. The highest BCUT2D eigenvalue weighted by atomic mass is 14.4. The van der Waals surface area contributed by atoms with E-state index in [0.717, 1.165) is 0 Å². The monoisotopic (exact) mass is 474 g/mol. The van der Waals surface area contributed by atoms with Crippen molar-refractivity contribution < 1.29 is 0 Å². The Morgan fingerprint density at radius 2 is 0.857 bits per heavy atom. The summed E-state index contributed by atoms with van der Waals surface area (Å²) in [4.78, 5) is 0. The van der Waals surface area contributed by atoms with Crippen molar-refractivity contribution in [3.63, 3.8) is 0 Å². The van der Waals surface area contributed by atoms with Gasteiger partial charge in [-0.05, 0) is 59.1 Å². The molecule has 1 aliphatic carbocycles. The van der Waals surface area contributed by atoms with Crippen molar-refractivity contribution in [3.05, 3.63) is 58.7 Å². The Morgan fingerprint density at radius 3 is 1.26 bits per heavy atom. The number of hydrogen-bond donors (Lipinski definition) is 0. The Hall–Kier alpha value is -1.56. The second-order valence-corrected chi connectivity index (χ2v) is 11.4. The highest BCUT2D eigenvalue weighted by molar-refractivity contribution is 5.81. The first kappa shape index (κ1) is 28.0. The van der Waals surface area contributed by atoms with Gasteiger partial charge in [0.05, 0.1) is 0 Å². The van der Waals surface area contributed by atoms with E-state index in [1.807, 2.05) is 0 Å². The quantitative estimate of drug-likeness (QED) is 0.188. The third kappa shape index (κ3) is 7.24. The molecular formula is C35H54. The van der Waals surface area contributed by atoms with E-state index >= 15 is 0 Å². The van der Waals surface area contributed by atoms with Crippen LogP contribution in [0, 0.1) is 0 Å². The average Bonchev–Trinajstić information content (AvgIpc) is 3.13. The molecule has 0 saturated heterocycles. The second-order valence-electron chi connectivity index (χ2n) is 11.4. The first-order valence-corrected chi connectivity index (χ1v) is 15.5. The first-order valence-electron chi connectivity index (χ1n) is 15.5. The van der Waals surface area contributed by atoms with E-state index in [2.05, 4.69) is 64.1 Å². The van der Waals surface area contributed by atoms with Crippen LogP contribution in [0.2, 0.25) is 0 Å². The van der Waals surface area contributed by atoms with Gasteiger partial charge in [-0.2, -0.15) is 0 Å². The summed E-state index contributed by atoms with van der Waals surface area (Å²) in [6.07, 6.45) is 24.2.